The van der Waals surface area contributed by atoms with E-state index in [4.69, 9.17) is 4.74 Å². The normalized spacial score (nSPS) is 21.0. The minimum Gasteiger partial charge on any atom is -0.363 e. The molecule has 3 rings (SSSR count). The van der Waals surface area contributed by atoms with Crippen LogP contribution in [0.15, 0.2) is 54.8 Å². The molecule has 5 heteroatoms. The van der Waals surface area contributed by atoms with Gasteiger partial charge in [0.25, 0.3) is 5.91 Å². The molecule has 5 nitrogen and oxygen atoms in total. The van der Waals surface area contributed by atoms with Gasteiger partial charge in [0.2, 0.25) is 0 Å². The molecule has 0 radical (unpaired) electrons. The van der Waals surface area contributed by atoms with Gasteiger partial charge >= 0.3 is 0 Å². The van der Waals surface area contributed by atoms with E-state index in [1.54, 1.807) is 11.0 Å². The summed E-state index contributed by atoms with van der Waals surface area (Å²) >= 11 is 0. The summed E-state index contributed by atoms with van der Waals surface area (Å²) in [7, 11) is 0. The summed E-state index contributed by atoms with van der Waals surface area (Å²) in [6.07, 6.45) is 6.45. The topological polar surface area (TPSA) is 49.9 Å². The smallest absolute Gasteiger partial charge is 0.253 e. The minimum atomic E-state index is -0.317. The van der Waals surface area contributed by atoms with Crippen LogP contribution in [-0.2, 0) is 20.7 Å². The number of carbonyl (C=O) groups excluding carboxylic acids is 2. The molecular formula is C21H26N2O3. The maximum atomic E-state index is 12.2. The molecule has 2 aliphatic heterocycles. The standard InChI is InChI=1S/C21H26N2O3/c1-2-19(9-15-24)23-17-21(26-16-20(23)25)10-13-22(14-11-21)12-8-18-6-4-3-5-7-18/h2-7,9,15H,1,8,10-14,16-17H2/b19-9+. The first-order chi connectivity index (χ1) is 12.7. The van der Waals surface area contributed by atoms with Crippen molar-refractivity contribution in [3.8, 4) is 0 Å². The van der Waals surface area contributed by atoms with E-state index in [0.29, 0.717) is 18.5 Å². The van der Waals surface area contributed by atoms with Crippen molar-refractivity contribution in [3.63, 3.8) is 0 Å². The lowest BCUT2D eigenvalue weighted by Crippen LogP contribution is -2.58. The van der Waals surface area contributed by atoms with Crippen molar-refractivity contribution in [1.29, 1.82) is 0 Å². The van der Waals surface area contributed by atoms with Gasteiger partial charge in [-0.15, -0.1) is 0 Å². The number of hydrogen-bond donors (Lipinski definition) is 0. The van der Waals surface area contributed by atoms with E-state index in [9.17, 15) is 9.59 Å². The number of carbonyl (C=O) groups is 2. The van der Waals surface area contributed by atoms with Gasteiger partial charge in [0.1, 0.15) is 12.9 Å². The van der Waals surface area contributed by atoms with Crippen molar-refractivity contribution in [2.45, 2.75) is 24.9 Å². The molecule has 1 aromatic carbocycles. The van der Waals surface area contributed by atoms with E-state index in [2.05, 4.69) is 35.7 Å². The van der Waals surface area contributed by atoms with E-state index >= 15 is 0 Å². The lowest BCUT2D eigenvalue weighted by Gasteiger charge is -2.47. The second-order valence-electron chi connectivity index (χ2n) is 6.96. The molecule has 2 fully saturated rings. The Balaban J connectivity index is 1.57. The van der Waals surface area contributed by atoms with Gasteiger partial charge in [-0.1, -0.05) is 36.9 Å². The lowest BCUT2D eigenvalue weighted by atomic mass is 9.88. The summed E-state index contributed by atoms with van der Waals surface area (Å²) in [4.78, 5) is 27.1. The molecule has 0 aliphatic carbocycles. The first-order valence-electron chi connectivity index (χ1n) is 9.14. The third kappa shape index (κ3) is 4.29. The van der Waals surface area contributed by atoms with Crippen LogP contribution in [0.25, 0.3) is 0 Å². The van der Waals surface area contributed by atoms with Crippen LogP contribution < -0.4 is 0 Å². The molecule has 0 aromatic heterocycles. The average Bonchev–Trinajstić information content (AvgIpc) is 2.69. The Morgan fingerprint density at radius 1 is 1.23 bits per heavy atom. The Kier molecular flexibility index (Phi) is 6.01. The van der Waals surface area contributed by atoms with E-state index in [1.807, 2.05) is 6.07 Å². The lowest BCUT2D eigenvalue weighted by molar-refractivity contribution is -0.167. The number of allylic oxidation sites excluding steroid dienone is 2. The van der Waals surface area contributed by atoms with Gasteiger partial charge in [-0.3, -0.25) is 9.59 Å². The van der Waals surface area contributed by atoms with Crippen LogP contribution in [0.2, 0.25) is 0 Å². The van der Waals surface area contributed by atoms with Crippen molar-refractivity contribution < 1.29 is 14.3 Å². The zero-order valence-corrected chi connectivity index (χ0v) is 15.1. The van der Waals surface area contributed by atoms with Crippen LogP contribution in [0, 0.1) is 0 Å². The Morgan fingerprint density at radius 3 is 2.62 bits per heavy atom. The predicted octanol–water partition coefficient (Wildman–Crippen LogP) is 2.19. The van der Waals surface area contributed by atoms with Gasteiger partial charge in [0.05, 0.1) is 12.1 Å². The molecule has 0 saturated carbocycles. The third-order valence-corrected chi connectivity index (χ3v) is 5.34. The van der Waals surface area contributed by atoms with Gasteiger partial charge < -0.3 is 14.5 Å². The predicted molar refractivity (Wildman–Crippen MR) is 101 cm³/mol. The maximum Gasteiger partial charge on any atom is 0.253 e. The van der Waals surface area contributed by atoms with Crippen molar-refractivity contribution in [2.24, 2.45) is 0 Å². The SMILES string of the molecule is C=C/C(=C\C=O)N1CC2(CCN(CCc3ccccc3)CC2)OCC1=O. The highest BCUT2D eigenvalue weighted by molar-refractivity contribution is 5.82. The molecule has 26 heavy (non-hydrogen) atoms. The molecule has 0 N–H and O–H groups in total. The molecule has 2 heterocycles. The van der Waals surface area contributed by atoms with Crippen molar-refractivity contribution >= 4 is 12.2 Å². The number of rotatable bonds is 6. The molecule has 0 unspecified atom stereocenters. The van der Waals surface area contributed by atoms with Crippen LogP contribution in [0.4, 0.5) is 0 Å². The van der Waals surface area contributed by atoms with Gasteiger partial charge in [-0.25, -0.2) is 0 Å². The van der Waals surface area contributed by atoms with Gasteiger partial charge in [-0.2, -0.15) is 0 Å². The molecule has 1 spiro atoms. The second-order valence-corrected chi connectivity index (χ2v) is 6.96. The highest BCUT2D eigenvalue weighted by Crippen LogP contribution is 2.32. The van der Waals surface area contributed by atoms with Crippen molar-refractivity contribution in [1.82, 2.24) is 9.80 Å². The molecule has 1 amide bonds. The highest BCUT2D eigenvalue weighted by Gasteiger charge is 2.42. The van der Waals surface area contributed by atoms with Crippen LogP contribution in [0.5, 0.6) is 0 Å². The fourth-order valence-corrected chi connectivity index (χ4v) is 3.71. The van der Waals surface area contributed by atoms with E-state index in [0.717, 1.165) is 38.9 Å². The number of benzene rings is 1. The number of piperidine rings is 1. The average molecular weight is 354 g/mol. The summed E-state index contributed by atoms with van der Waals surface area (Å²) in [6, 6.07) is 10.5. The molecule has 1 aromatic rings. The summed E-state index contributed by atoms with van der Waals surface area (Å²) in [5.41, 5.74) is 1.59. The zero-order valence-electron chi connectivity index (χ0n) is 15.1. The Bertz CT molecular complexity index is 676. The number of aldehydes is 1. The summed E-state index contributed by atoms with van der Waals surface area (Å²) < 4.78 is 5.97. The Labute approximate surface area is 154 Å². The first kappa shape index (κ1) is 18.5. The number of nitrogens with zero attached hydrogens (tertiary/aromatic N) is 2. The summed E-state index contributed by atoms with van der Waals surface area (Å²) in [6.45, 7) is 7.21. The number of morpholine rings is 1. The quantitative estimate of drug-likeness (QED) is 0.446. The monoisotopic (exact) mass is 354 g/mol. The number of hydrogen-bond acceptors (Lipinski definition) is 4. The summed E-state index contributed by atoms with van der Waals surface area (Å²) in [5, 5.41) is 0. The summed E-state index contributed by atoms with van der Waals surface area (Å²) in [5.74, 6) is -0.116. The molecule has 138 valence electrons. The molecular weight excluding hydrogens is 328 g/mol. The van der Waals surface area contributed by atoms with Crippen LogP contribution in [-0.4, -0.2) is 60.4 Å². The molecule has 0 bridgehead atoms. The minimum absolute atomic E-state index is 0.0635. The van der Waals surface area contributed by atoms with Gasteiger partial charge in [0, 0.05) is 31.4 Å². The molecule has 2 saturated heterocycles. The van der Waals surface area contributed by atoms with E-state index in [1.165, 1.54) is 11.6 Å². The fraction of sp³-hybridized carbons (Fsp3) is 0.429. The third-order valence-electron chi connectivity index (χ3n) is 5.34. The number of ether oxygens (including phenoxy) is 1. The number of amides is 1. The maximum absolute atomic E-state index is 12.2. The Morgan fingerprint density at radius 2 is 1.96 bits per heavy atom. The zero-order chi connectivity index (χ0) is 18.4. The fourth-order valence-electron chi connectivity index (χ4n) is 3.71. The second kappa shape index (κ2) is 8.43. The largest absolute Gasteiger partial charge is 0.363 e. The van der Waals surface area contributed by atoms with Gasteiger partial charge in [-0.05, 0) is 30.9 Å². The van der Waals surface area contributed by atoms with Crippen molar-refractivity contribution in [2.75, 3.05) is 32.8 Å². The molecule has 0 atom stereocenters. The number of likely N-dealkylation sites (tertiary alicyclic amines) is 1. The van der Waals surface area contributed by atoms with Gasteiger partial charge in [0.15, 0.2) is 0 Å². The Hall–Kier alpha value is -2.24. The van der Waals surface area contributed by atoms with Crippen LogP contribution in [0.1, 0.15) is 18.4 Å². The van der Waals surface area contributed by atoms with Crippen molar-refractivity contribution in [3.05, 3.63) is 60.3 Å². The highest BCUT2D eigenvalue weighted by atomic mass is 16.5. The first-order valence-corrected chi connectivity index (χ1v) is 9.14. The molecule has 2 aliphatic rings. The van der Waals surface area contributed by atoms with Crippen LogP contribution >= 0.6 is 0 Å². The van der Waals surface area contributed by atoms with E-state index in [-0.39, 0.29) is 18.1 Å². The van der Waals surface area contributed by atoms with E-state index < -0.39 is 0 Å². The van der Waals surface area contributed by atoms with Crippen LogP contribution in [0.3, 0.4) is 0 Å².